The Hall–Kier alpha value is -5.74. The molecule has 0 aliphatic carbocycles. The van der Waals surface area contributed by atoms with Gasteiger partial charge >= 0.3 is 6.18 Å². The number of amides is 4. The summed E-state index contributed by atoms with van der Waals surface area (Å²) in [4.78, 5) is 56.6. The van der Waals surface area contributed by atoms with Crippen molar-refractivity contribution in [3.05, 3.63) is 70.8 Å². The fourth-order valence-corrected chi connectivity index (χ4v) is 5.70. The molecule has 3 aliphatic rings. The second-order valence-electron chi connectivity index (χ2n) is 12.1. The Balaban J connectivity index is 1.07. The molecule has 16 heteroatoms. The van der Waals surface area contributed by atoms with E-state index in [2.05, 4.69) is 32.6 Å². The first-order chi connectivity index (χ1) is 22.7. The van der Waals surface area contributed by atoms with Crippen LogP contribution in [0.25, 0.3) is 0 Å². The van der Waals surface area contributed by atoms with Gasteiger partial charge in [-0.15, -0.1) is 0 Å². The third-order valence-corrected chi connectivity index (χ3v) is 8.52. The van der Waals surface area contributed by atoms with Gasteiger partial charge in [0.2, 0.25) is 11.8 Å². The van der Waals surface area contributed by atoms with Gasteiger partial charge in [0.25, 0.3) is 11.8 Å². The van der Waals surface area contributed by atoms with Crippen LogP contribution in [-0.4, -0.2) is 67.5 Å². The number of piperidine rings is 1. The van der Waals surface area contributed by atoms with Gasteiger partial charge in [-0.2, -0.15) is 23.5 Å². The van der Waals surface area contributed by atoms with Crippen molar-refractivity contribution in [1.29, 1.82) is 5.26 Å². The number of imide groups is 1. The first kappa shape index (κ1) is 32.2. The number of hydrogen-bond acceptors (Lipinski definition) is 9. The molecule has 13 nitrogen and oxygen atoms in total. The van der Waals surface area contributed by atoms with Crippen molar-refractivity contribution in [2.24, 2.45) is 5.92 Å². The van der Waals surface area contributed by atoms with E-state index in [0.717, 1.165) is 16.8 Å². The van der Waals surface area contributed by atoms with Gasteiger partial charge in [0.15, 0.2) is 11.9 Å². The Morgan fingerprint density at radius 1 is 1.15 bits per heavy atom. The summed E-state index contributed by atoms with van der Waals surface area (Å²) in [5, 5.41) is 28.7. The van der Waals surface area contributed by atoms with Gasteiger partial charge in [-0.3, -0.25) is 34.1 Å². The fraction of sp³-hybridized carbons (Fsp3) is 0.344. The van der Waals surface area contributed by atoms with Crippen LogP contribution in [0, 0.1) is 29.1 Å². The van der Waals surface area contributed by atoms with Crippen molar-refractivity contribution < 1.29 is 37.5 Å². The van der Waals surface area contributed by atoms with E-state index in [1.165, 1.54) is 30.8 Å². The van der Waals surface area contributed by atoms with Gasteiger partial charge in [0.1, 0.15) is 17.6 Å². The molecule has 0 radical (unpaired) electrons. The maximum absolute atomic E-state index is 13.3. The number of benzene rings is 1. The Morgan fingerprint density at radius 3 is 2.58 bits per heavy atom. The van der Waals surface area contributed by atoms with Crippen LogP contribution in [0.2, 0.25) is 0 Å². The molecule has 2 aromatic heterocycles. The van der Waals surface area contributed by atoms with E-state index >= 15 is 0 Å². The van der Waals surface area contributed by atoms with Crippen molar-refractivity contribution in [2.75, 3.05) is 23.3 Å². The van der Waals surface area contributed by atoms with Gasteiger partial charge in [-0.25, -0.2) is 4.98 Å². The van der Waals surface area contributed by atoms with Crippen molar-refractivity contribution in [3.8, 4) is 17.9 Å². The average molecular weight is 661 g/mol. The molecule has 1 aromatic carbocycles. The Labute approximate surface area is 271 Å². The molecule has 2 fully saturated rings. The third-order valence-electron chi connectivity index (χ3n) is 8.52. The van der Waals surface area contributed by atoms with Gasteiger partial charge in [0.05, 0.1) is 35.1 Å². The Kier molecular flexibility index (Phi) is 7.92. The molecule has 5 heterocycles. The lowest BCUT2D eigenvalue weighted by molar-refractivity contribution is -0.140. The molecule has 3 aliphatic heterocycles. The zero-order valence-corrected chi connectivity index (χ0v) is 25.5. The van der Waals surface area contributed by atoms with Crippen LogP contribution in [0.15, 0.2) is 42.9 Å². The molecule has 0 saturated carbocycles. The smallest absolute Gasteiger partial charge is 0.369 e. The number of anilines is 2. The van der Waals surface area contributed by atoms with Crippen molar-refractivity contribution in [2.45, 2.75) is 50.7 Å². The van der Waals surface area contributed by atoms with Crippen LogP contribution >= 0.6 is 0 Å². The first-order valence-electron chi connectivity index (χ1n) is 14.8. The minimum atomic E-state index is -4.83. The molecule has 2 saturated heterocycles. The molecule has 0 spiro atoms. The molecule has 6 rings (SSSR count). The molecule has 3 N–H and O–H groups in total. The standard InChI is InChI=1S/C32H27F3N8O5/c1-31(2,30(48)39-19-9-23(32(33,34)35)24(11-36)37-13-19)42-16-17(12-38-42)3-4-18-14-41(15-18)20-5-6-21-22(10-20)29(47)43(28(21)46)25-7-8-26(44)40-27(25)45/h5-6,9-10,12-13,16,18,25,29,47H,7-8,14-15H2,1-2H3,(H,39,48)(H,40,44,45)/t25-,29?/m1/s1. The number of aromatic nitrogens is 3. The third kappa shape index (κ3) is 5.82. The van der Waals surface area contributed by atoms with Crippen LogP contribution in [0.5, 0.6) is 0 Å². The van der Waals surface area contributed by atoms with Crippen LogP contribution in [0.4, 0.5) is 24.5 Å². The van der Waals surface area contributed by atoms with Gasteiger partial charge in [-0.1, -0.05) is 11.8 Å². The largest absolute Gasteiger partial charge is 0.419 e. The van der Waals surface area contributed by atoms with Crippen LogP contribution in [-0.2, 0) is 26.1 Å². The molecule has 246 valence electrons. The van der Waals surface area contributed by atoms with Crippen LogP contribution < -0.4 is 15.5 Å². The van der Waals surface area contributed by atoms with Gasteiger partial charge in [-0.05, 0) is 44.5 Å². The number of nitrogens with one attached hydrogen (secondary N) is 2. The van der Waals surface area contributed by atoms with E-state index in [0.29, 0.717) is 35.8 Å². The van der Waals surface area contributed by atoms with Crippen LogP contribution in [0.1, 0.15) is 65.7 Å². The highest BCUT2D eigenvalue weighted by Crippen LogP contribution is 2.38. The average Bonchev–Trinajstić information content (AvgIpc) is 3.59. The predicted molar refractivity (Wildman–Crippen MR) is 160 cm³/mol. The second kappa shape index (κ2) is 11.8. The summed E-state index contributed by atoms with van der Waals surface area (Å²) in [6, 6.07) is 6.18. The van der Waals surface area contributed by atoms with Gasteiger partial charge < -0.3 is 15.3 Å². The van der Waals surface area contributed by atoms with E-state index in [1.54, 1.807) is 24.4 Å². The normalized spacial score (nSPS) is 19.6. The summed E-state index contributed by atoms with van der Waals surface area (Å²) >= 11 is 0. The lowest BCUT2D eigenvalue weighted by atomic mass is 9.98. The molecular weight excluding hydrogens is 633 g/mol. The number of halogens is 3. The zero-order valence-electron chi connectivity index (χ0n) is 25.5. The summed E-state index contributed by atoms with van der Waals surface area (Å²) in [7, 11) is 0. The molecular formula is C32H27F3N8O5. The number of pyridine rings is 1. The fourth-order valence-electron chi connectivity index (χ4n) is 5.70. The number of carbonyl (C=O) groups is 4. The van der Waals surface area contributed by atoms with E-state index in [1.807, 2.05) is 4.90 Å². The summed E-state index contributed by atoms with van der Waals surface area (Å²) in [5.74, 6) is 3.99. The number of rotatable bonds is 5. The molecule has 48 heavy (non-hydrogen) atoms. The van der Waals surface area contributed by atoms with E-state index in [9.17, 15) is 37.5 Å². The minimum absolute atomic E-state index is 0.0175. The highest BCUT2D eigenvalue weighted by Gasteiger charge is 2.45. The lowest BCUT2D eigenvalue weighted by Crippen LogP contribution is -2.53. The highest BCUT2D eigenvalue weighted by atomic mass is 19.4. The number of nitrogens with zero attached hydrogens (tertiary/aromatic N) is 6. The topological polar surface area (TPSA) is 174 Å². The Morgan fingerprint density at radius 2 is 1.90 bits per heavy atom. The highest BCUT2D eigenvalue weighted by molar-refractivity contribution is 6.06. The quantitative estimate of drug-likeness (QED) is 0.274. The van der Waals surface area contributed by atoms with E-state index in [-0.39, 0.29) is 24.4 Å². The van der Waals surface area contributed by atoms with E-state index in [4.69, 9.17) is 5.26 Å². The molecule has 4 amide bonds. The molecule has 2 atom stereocenters. The Bertz CT molecular complexity index is 1970. The number of nitriles is 1. The monoisotopic (exact) mass is 660 g/mol. The number of aliphatic hydroxyl groups excluding tert-OH is 1. The predicted octanol–water partition coefficient (Wildman–Crippen LogP) is 2.28. The van der Waals surface area contributed by atoms with Crippen molar-refractivity contribution in [1.82, 2.24) is 25.0 Å². The summed E-state index contributed by atoms with van der Waals surface area (Å²) in [6.45, 7) is 4.19. The molecule has 0 bridgehead atoms. The number of hydrogen-bond donors (Lipinski definition) is 3. The van der Waals surface area contributed by atoms with Crippen molar-refractivity contribution >= 4 is 35.0 Å². The number of carbonyl (C=O) groups excluding carboxylic acids is 4. The second-order valence-corrected chi connectivity index (χ2v) is 12.1. The maximum Gasteiger partial charge on any atom is 0.419 e. The maximum atomic E-state index is 13.3. The van der Waals surface area contributed by atoms with Crippen molar-refractivity contribution in [3.63, 3.8) is 0 Å². The van der Waals surface area contributed by atoms with Crippen LogP contribution in [0.3, 0.4) is 0 Å². The SMILES string of the molecule is CC(C)(C(=O)Nc1cnc(C#N)c(C(F)(F)F)c1)n1cc(C#CC2CN(c3ccc4c(c3)C(O)N([C@@H]3CCC(=O)NC3=O)C4=O)C2)cn1. The molecule has 1 unspecified atom stereocenters. The summed E-state index contributed by atoms with van der Waals surface area (Å²) in [6.07, 6.45) is -1.95. The first-order valence-corrected chi connectivity index (χ1v) is 14.8. The lowest BCUT2D eigenvalue weighted by Gasteiger charge is -2.38. The number of aliphatic hydroxyl groups is 1. The van der Waals surface area contributed by atoms with Gasteiger partial charge in [0, 0.05) is 42.5 Å². The summed E-state index contributed by atoms with van der Waals surface area (Å²) in [5.41, 5.74) is -1.65. The minimum Gasteiger partial charge on any atom is -0.369 e. The number of fused-ring (bicyclic) bond motifs is 1. The summed E-state index contributed by atoms with van der Waals surface area (Å²) < 4.78 is 41.3. The molecule has 3 aromatic rings. The zero-order chi connectivity index (χ0) is 34.5. The number of alkyl halides is 3. The van der Waals surface area contributed by atoms with E-state index < -0.39 is 58.9 Å².